The van der Waals surface area contributed by atoms with Gasteiger partial charge in [-0.3, -0.25) is 0 Å². The van der Waals surface area contributed by atoms with Crippen molar-refractivity contribution in [2.75, 3.05) is 12.4 Å². The zero-order valence-electron chi connectivity index (χ0n) is 9.23. The maximum absolute atomic E-state index is 5.04. The number of hydrogen-bond donors (Lipinski definition) is 1. The number of nitrogens with zero attached hydrogens (tertiary/aromatic N) is 2. The van der Waals surface area contributed by atoms with Gasteiger partial charge in [0.1, 0.15) is 12.1 Å². The fourth-order valence-corrected chi connectivity index (χ4v) is 1.83. The van der Waals surface area contributed by atoms with Gasteiger partial charge in [-0.05, 0) is 18.8 Å². The van der Waals surface area contributed by atoms with E-state index in [1.807, 2.05) is 6.07 Å². The second-order valence-electron chi connectivity index (χ2n) is 3.98. The Morgan fingerprint density at radius 3 is 3.13 bits per heavy atom. The molecule has 0 bridgehead atoms. The van der Waals surface area contributed by atoms with Crippen molar-refractivity contribution in [2.45, 2.75) is 32.2 Å². The smallest absolute Gasteiger partial charge is 0.218 e. The molecule has 0 aromatic carbocycles. The minimum absolute atomic E-state index is 0.601. The van der Waals surface area contributed by atoms with Crippen LogP contribution in [-0.2, 0) is 0 Å². The van der Waals surface area contributed by atoms with Gasteiger partial charge in [0.2, 0.25) is 5.88 Å². The van der Waals surface area contributed by atoms with Crippen LogP contribution < -0.4 is 10.1 Å². The predicted octanol–water partition coefficient (Wildman–Crippen LogP) is 2.09. The number of ether oxygens (including phenoxy) is 1. The second kappa shape index (κ2) is 4.47. The van der Waals surface area contributed by atoms with Gasteiger partial charge in [0.15, 0.2) is 0 Å². The molecule has 1 saturated carbocycles. The normalized spacial score (nSPS) is 23.6. The number of nitrogens with one attached hydrogen (secondary N) is 1. The minimum Gasteiger partial charge on any atom is -0.481 e. The van der Waals surface area contributed by atoms with Crippen LogP contribution in [0.5, 0.6) is 5.88 Å². The van der Waals surface area contributed by atoms with Crippen LogP contribution in [0.1, 0.15) is 26.2 Å². The number of aromatic nitrogens is 2. The topological polar surface area (TPSA) is 47.0 Å². The molecule has 0 saturated heterocycles. The lowest BCUT2D eigenvalue weighted by Gasteiger charge is -2.05. The molecule has 2 unspecified atom stereocenters. The molecule has 1 N–H and O–H groups in total. The van der Waals surface area contributed by atoms with Crippen molar-refractivity contribution in [3.05, 3.63) is 12.4 Å². The molecule has 0 spiro atoms. The first-order valence-electron chi connectivity index (χ1n) is 5.46. The standard InChI is InChI=1S/C11H17N3O/c1-3-4-8-5-9(8)14-10-6-11(15-2)13-7-12-10/h6-9H,3-5H2,1-2H3,(H,12,13,14). The van der Waals surface area contributed by atoms with E-state index in [1.54, 1.807) is 7.11 Å². The summed E-state index contributed by atoms with van der Waals surface area (Å²) in [5, 5.41) is 3.39. The summed E-state index contributed by atoms with van der Waals surface area (Å²) in [4.78, 5) is 8.13. The average Bonchev–Trinajstić information content (AvgIpc) is 2.97. The highest BCUT2D eigenvalue weighted by Gasteiger charge is 2.36. The van der Waals surface area contributed by atoms with Crippen LogP contribution >= 0.6 is 0 Å². The molecule has 1 aliphatic carbocycles. The van der Waals surface area contributed by atoms with E-state index in [2.05, 4.69) is 22.2 Å². The summed E-state index contributed by atoms with van der Waals surface area (Å²) in [6.07, 6.45) is 5.36. The van der Waals surface area contributed by atoms with Crippen LogP contribution in [0.25, 0.3) is 0 Å². The number of rotatable bonds is 5. The average molecular weight is 207 g/mol. The first kappa shape index (κ1) is 10.2. The van der Waals surface area contributed by atoms with Gasteiger partial charge >= 0.3 is 0 Å². The highest BCUT2D eigenvalue weighted by atomic mass is 16.5. The fraction of sp³-hybridized carbons (Fsp3) is 0.636. The molecule has 2 atom stereocenters. The lowest BCUT2D eigenvalue weighted by atomic mass is 10.2. The van der Waals surface area contributed by atoms with Crippen molar-refractivity contribution in [1.29, 1.82) is 0 Å². The third kappa shape index (κ3) is 2.58. The summed E-state index contributed by atoms with van der Waals surface area (Å²) in [7, 11) is 1.61. The number of anilines is 1. The Balaban J connectivity index is 1.89. The van der Waals surface area contributed by atoms with Crippen molar-refractivity contribution in [1.82, 2.24) is 9.97 Å². The Bertz CT molecular complexity index is 329. The summed E-state index contributed by atoms with van der Waals surface area (Å²) in [5.74, 6) is 2.31. The summed E-state index contributed by atoms with van der Waals surface area (Å²) in [6, 6.07) is 2.44. The van der Waals surface area contributed by atoms with Gasteiger partial charge in [0, 0.05) is 12.1 Å². The quantitative estimate of drug-likeness (QED) is 0.803. The van der Waals surface area contributed by atoms with Gasteiger partial charge in [-0.2, -0.15) is 0 Å². The van der Waals surface area contributed by atoms with Gasteiger partial charge in [-0.15, -0.1) is 0 Å². The molecule has 1 aliphatic rings. The zero-order chi connectivity index (χ0) is 10.7. The molecule has 1 fully saturated rings. The van der Waals surface area contributed by atoms with E-state index in [-0.39, 0.29) is 0 Å². The van der Waals surface area contributed by atoms with Crippen molar-refractivity contribution in [3.63, 3.8) is 0 Å². The Morgan fingerprint density at radius 2 is 2.40 bits per heavy atom. The second-order valence-corrected chi connectivity index (χ2v) is 3.98. The van der Waals surface area contributed by atoms with E-state index in [1.165, 1.54) is 25.6 Å². The Morgan fingerprint density at radius 1 is 1.53 bits per heavy atom. The van der Waals surface area contributed by atoms with E-state index < -0.39 is 0 Å². The van der Waals surface area contributed by atoms with Crippen LogP contribution in [0.4, 0.5) is 5.82 Å². The van der Waals surface area contributed by atoms with Crippen molar-refractivity contribution in [3.8, 4) is 5.88 Å². The number of methoxy groups -OCH3 is 1. The molecule has 15 heavy (non-hydrogen) atoms. The highest BCUT2D eigenvalue weighted by Crippen LogP contribution is 2.36. The molecule has 4 heteroatoms. The maximum Gasteiger partial charge on any atom is 0.218 e. The van der Waals surface area contributed by atoms with E-state index >= 15 is 0 Å². The van der Waals surface area contributed by atoms with Crippen molar-refractivity contribution < 1.29 is 4.74 Å². The minimum atomic E-state index is 0.601. The molecule has 1 aromatic rings. The van der Waals surface area contributed by atoms with E-state index in [0.717, 1.165) is 11.7 Å². The molecule has 1 aromatic heterocycles. The Kier molecular flexibility index (Phi) is 3.04. The Hall–Kier alpha value is -1.32. The van der Waals surface area contributed by atoms with Crippen LogP contribution in [0.3, 0.4) is 0 Å². The lowest BCUT2D eigenvalue weighted by molar-refractivity contribution is 0.397. The van der Waals surface area contributed by atoms with Gasteiger partial charge < -0.3 is 10.1 Å². The molecular formula is C11H17N3O. The monoisotopic (exact) mass is 207 g/mol. The SMILES string of the molecule is CCCC1CC1Nc1cc(OC)ncn1. The third-order valence-electron chi connectivity index (χ3n) is 2.77. The summed E-state index contributed by atoms with van der Waals surface area (Å²) < 4.78 is 5.04. The van der Waals surface area contributed by atoms with E-state index in [9.17, 15) is 0 Å². The molecule has 0 aliphatic heterocycles. The summed E-state index contributed by atoms with van der Waals surface area (Å²) in [5.41, 5.74) is 0. The van der Waals surface area contributed by atoms with Gasteiger partial charge in [0.05, 0.1) is 7.11 Å². The Labute approximate surface area is 90.1 Å². The highest BCUT2D eigenvalue weighted by molar-refractivity contribution is 5.39. The molecule has 4 nitrogen and oxygen atoms in total. The molecule has 1 heterocycles. The lowest BCUT2D eigenvalue weighted by Crippen LogP contribution is -2.06. The molecule has 0 amide bonds. The maximum atomic E-state index is 5.04. The van der Waals surface area contributed by atoms with Gasteiger partial charge in [0.25, 0.3) is 0 Å². The van der Waals surface area contributed by atoms with Gasteiger partial charge in [-0.25, -0.2) is 9.97 Å². The summed E-state index contributed by atoms with van der Waals surface area (Å²) in [6.45, 7) is 2.23. The molecule has 2 rings (SSSR count). The zero-order valence-corrected chi connectivity index (χ0v) is 9.23. The number of hydrogen-bond acceptors (Lipinski definition) is 4. The largest absolute Gasteiger partial charge is 0.481 e. The van der Waals surface area contributed by atoms with Crippen LogP contribution in [0, 0.1) is 5.92 Å². The van der Waals surface area contributed by atoms with E-state index in [4.69, 9.17) is 4.74 Å². The van der Waals surface area contributed by atoms with Gasteiger partial charge in [-0.1, -0.05) is 13.3 Å². The molecule has 82 valence electrons. The van der Waals surface area contributed by atoms with Crippen LogP contribution in [-0.4, -0.2) is 23.1 Å². The first-order chi connectivity index (χ1) is 7.33. The predicted molar refractivity (Wildman–Crippen MR) is 59.0 cm³/mol. The van der Waals surface area contributed by atoms with Crippen molar-refractivity contribution in [2.24, 2.45) is 5.92 Å². The fourth-order valence-electron chi connectivity index (χ4n) is 1.83. The van der Waals surface area contributed by atoms with Crippen LogP contribution in [0.2, 0.25) is 0 Å². The third-order valence-corrected chi connectivity index (χ3v) is 2.77. The van der Waals surface area contributed by atoms with Crippen LogP contribution in [0.15, 0.2) is 12.4 Å². The first-order valence-corrected chi connectivity index (χ1v) is 5.46. The van der Waals surface area contributed by atoms with E-state index in [0.29, 0.717) is 11.9 Å². The molecule has 0 radical (unpaired) electrons. The summed E-state index contributed by atoms with van der Waals surface area (Å²) >= 11 is 0. The molecular weight excluding hydrogens is 190 g/mol. The van der Waals surface area contributed by atoms with Crippen molar-refractivity contribution >= 4 is 5.82 Å².